The molecule has 0 aliphatic heterocycles. The van der Waals surface area contributed by atoms with Crippen molar-refractivity contribution in [2.24, 2.45) is 7.05 Å². The number of aromatic nitrogens is 2. The van der Waals surface area contributed by atoms with Gasteiger partial charge in [-0.25, -0.2) is 0 Å². The quantitative estimate of drug-likeness (QED) is 0.255. The zero-order chi connectivity index (χ0) is 18.7. The highest BCUT2D eigenvalue weighted by molar-refractivity contribution is 6.12. The summed E-state index contributed by atoms with van der Waals surface area (Å²) in [6.45, 7) is 0. The third-order valence-electron chi connectivity index (χ3n) is 5.84. The van der Waals surface area contributed by atoms with Crippen molar-refractivity contribution >= 4 is 43.6 Å². The summed E-state index contributed by atoms with van der Waals surface area (Å²) in [6.07, 6.45) is 0. The molecule has 2 heteroatoms. The minimum absolute atomic E-state index is 1.23. The number of para-hydroxylation sites is 4. The minimum Gasteiger partial charge on any atom is -0.308 e. The fourth-order valence-electron chi connectivity index (χ4n) is 4.61. The maximum Gasteiger partial charge on any atom is 0.214 e. The van der Waals surface area contributed by atoms with Gasteiger partial charge in [0.05, 0.1) is 27.5 Å². The van der Waals surface area contributed by atoms with Crippen LogP contribution < -0.4 is 4.57 Å². The van der Waals surface area contributed by atoms with E-state index in [1.807, 2.05) is 0 Å². The number of pyridine rings is 1. The predicted molar refractivity (Wildman–Crippen MR) is 117 cm³/mol. The molecule has 0 amide bonds. The number of nitrogens with zero attached hydrogens (tertiary/aromatic N) is 2. The Morgan fingerprint density at radius 2 is 0.893 bits per heavy atom. The van der Waals surface area contributed by atoms with Gasteiger partial charge in [0, 0.05) is 22.9 Å². The fourth-order valence-corrected chi connectivity index (χ4v) is 4.61. The van der Waals surface area contributed by atoms with Crippen molar-refractivity contribution in [3.63, 3.8) is 0 Å². The van der Waals surface area contributed by atoms with E-state index in [9.17, 15) is 0 Å². The molecule has 0 aliphatic carbocycles. The van der Waals surface area contributed by atoms with Crippen molar-refractivity contribution in [1.82, 2.24) is 4.57 Å². The number of hydrogen-bond acceptors (Lipinski definition) is 0. The van der Waals surface area contributed by atoms with Crippen LogP contribution in [0.5, 0.6) is 0 Å². The van der Waals surface area contributed by atoms with Gasteiger partial charge < -0.3 is 4.57 Å². The van der Waals surface area contributed by atoms with E-state index >= 15 is 0 Å². The van der Waals surface area contributed by atoms with Gasteiger partial charge in [0.1, 0.15) is 7.05 Å². The topological polar surface area (TPSA) is 8.81 Å². The first-order valence-corrected chi connectivity index (χ1v) is 9.62. The molecule has 0 spiro atoms. The second kappa shape index (κ2) is 5.67. The Kier molecular flexibility index (Phi) is 3.12. The number of benzene rings is 4. The summed E-state index contributed by atoms with van der Waals surface area (Å²) in [5.74, 6) is 0. The third-order valence-corrected chi connectivity index (χ3v) is 5.84. The Labute approximate surface area is 162 Å². The zero-order valence-electron chi connectivity index (χ0n) is 15.6. The molecule has 0 saturated heterocycles. The summed E-state index contributed by atoms with van der Waals surface area (Å²) in [6, 6.07) is 34.8. The molecule has 0 fully saturated rings. The van der Waals surface area contributed by atoms with Crippen molar-refractivity contribution in [2.75, 3.05) is 0 Å². The second-order valence-corrected chi connectivity index (χ2v) is 7.31. The van der Waals surface area contributed by atoms with Crippen molar-refractivity contribution < 1.29 is 4.57 Å². The third kappa shape index (κ3) is 1.95. The second-order valence-electron chi connectivity index (χ2n) is 7.31. The number of hydrogen-bond donors (Lipinski definition) is 0. The SMILES string of the molecule is C[n+]1c2ccccc2c(-n2c3ccccc3c3ccccc32)c2ccccc21. The van der Waals surface area contributed by atoms with Crippen LogP contribution in [0.4, 0.5) is 0 Å². The van der Waals surface area contributed by atoms with E-state index < -0.39 is 0 Å². The van der Waals surface area contributed by atoms with E-state index in [4.69, 9.17) is 0 Å². The Bertz CT molecular complexity index is 1410. The van der Waals surface area contributed by atoms with Crippen LogP contribution in [0.25, 0.3) is 49.3 Å². The molecule has 6 rings (SSSR count). The lowest BCUT2D eigenvalue weighted by atomic mass is 10.1. The van der Waals surface area contributed by atoms with E-state index in [2.05, 4.69) is 113 Å². The highest BCUT2D eigenvalue weighted by Gasteiger charge is 2.21. The molecule has 0 atom stereocenters. The molecule has 0 N–H and O–H groups in total. The van der Waals surface area contributed by atoms with Gasteiger partial charge in [-0.2, -0.15) is 4.57 Å². The van der Waals surface area contributed by atoms with Gasteiger partial charge in [-0.3, -0.25) is 0 Å². The van der Waals surface area contributed by atoms with Crippen LogP contribution in [0.1, 0.15) is 0 Å². The Morgan fingerprint density at radius 1 is 0.500 bits per heavy atom. The van der Waals surface area contributed by atoms with E-state index in [1.54, 1.807) is 0 Å². The molecule has 0 radical (unpaired) electrons. The lowest BCUT2D eigenvalue weighted by Gasteiger charge is -2.14. The van der Waals surface area contributed by atoms with E-state index in [0.29, 0.717) is 0 Å². The fraction of sp³-hybridized carbons (Fsp3) is 0.0385. The number of fused-ring (bicyclic) bond motifs is 5. The molecule has 132 valence electrons. The number of rotatable bonds is 1. The Hall–Kier alpha value is -3.65. The molecule has 2 aromatic heterocycles. The molecule has 4 aromatic carbocycles. The van der Waals surface area contributed by atoms with Crippen LogP contribution in [0.3, 0.4) is 0 Å². The summed E-state index contributed by atoms with van der Waals surface area (Å²) < 4.78 is 4.73. The Morgan fingerprint density at radius 3 is 1.39 bits per heavy atom. The van der Waals surface area contributed by atoms with Gasteiger partial charge in [-0.1, -0.05) is 60.7 Å². The van der Waals surface area contributed by atoms with Gasteiger partial charge in [0.15, 0.2) is 0 Å². The maximum atomic E-state index is 2.44. The van der Waals surface area contributed by atoms with Crippen LogP contribution >= 0.6 is 0 Å². The first-order chi connectivity index (χ1) is 13.8. The van der Waals surface area contributed by atoms with Crippen molar-refractivity contribution in [3.8, 4) is 5.69 Å². The molecular weight excluding hydrogens is 340 g/mol. The lowest BCUT2D eigenvalue weighted by molar-refractivity contribution is -0.617. The maximum absolute atomic E-state index is 2.44. The highest BCUT2D eigenvalue weighted by Crippen LogP contribution is 2.36. The standard InChI is InChI=1S/C26H19N2/c1-27-22-14-6-4-12-20(22)26(21-13-5-7-15-23(21)27)28-24-16-8-2-10-18(24)19-11-3-9-17-25(19)28/h2-17H,1H3/q+1. The van der Waals surface area contributed by atoms with Crippen molar-refractivity contribution in [2.45, 2.75) is 0 Å². The number of aryl methyl sites for hydroxylation is 1. The smallest absolute Gasteiger partial charge is 0.214 e. The molecule has 0 unspecified atom stereocenters. The van der Waals surface area contributed by atoms with E-state index in [0.717, 1.165) is 0 Å². The molecule has 0 bridgehead atoms. The average Bonchev–Trinajstić information content (AvgIpc) is 3.09. The molecule has 0 aliphatic rings. The zero-order valence-corrected chi connectivity index (χ0v) is 15.6. The molecule has 2 heterocycles. The molecule has 0 saturated carbocycles. The van der Waals surface area contributed by atoms with Crippen LogP contribution in [-0.4, -0.2) is 4.57 Å². The molecule has 2 nitrogen and oxygen atoms in total. The summed E-state index contributed by atoms with van der Waals surface area (Å²) in [7, 11) is 2.15. The van der Waals surface area contributed by atoms with E-state index in [1.165, 1.54) is 49.3 Å². The van der Waals surface area contributed by atoms with Gasteiger partial charge in [-0.15, -0.1) is 0 Å². The summed E-state index contributed by atoms with van der Waals surface area (Å²) in [5.41, 5.74) is 6.21. The first-order valence-electron chi connectivity index (χ1n) is 9.62. The largest absolute Gasteiger partial charge is 0.308 e. The molecule has 28 heavy (non-hydrogen) atoms. The molecular formula is C26H19N2+. The first kappa shape index (κ1) is 15.4. The summed E-state index contributed by atoms with van der Waals surface area (Å²) in [4.78, 5) is 0. The monoisotopic (exact) mass is 359 g/mol. The van der Waals surface area contributed by atoms with Crippen LogP contribution in [-0.2, 0) is 7.05 Å². The minimum atomic E-state index is 1.23. The summed E-state index contributed by atoms with van der Waals surface area (Å²) in [5, 5.41) is 5.10. The predicted octanol–water partition coefficient (Wildman–Crippen LogP) is 5.91. The lowest BCUT2D eigenvalue weighted by Crippen LogP contribution is -2.30. The normalized spacial score (nSPS) is 11.8. The van der Waals surface area contributed by atoms with Gasteiger partial charge >= 0.3 is 0 Å². The average molecular weight is 359 g/mol. The van der Waals surface area contributed by atoms with E-state index in [-0.39, 0.29) is 0 Å². The van der Waals surface area contributed by atoms with Gasteiger partial charge in [-0.05, 0) is 24.3 Å². The highest BCUT2D eigenvalue weighted by atomic mass is 15.0. The Balaban J connectivity index is 1.95. The van der Waals surface area contributed by atoms with Crippen LogP contribution in [0.15, 0.2) is 97.1 Å². The van der Waals surface area contributed by atoms with Gasteiger partial charge in [0.25, 0.3) is 0 Å². The molecule has 6 aromatic rings. The van der Waals surface area contributed by atoms with Crippen LogP contribution in [0, 0.1) is 0 Å². The van der Waals surface area contributed by atoms with Gasteiger partial charge in [0.2, 0.25) is 11.0 Å². The van der Waals surface area contributed by atoms with Crippen LogP contribution in [0.2, 0.25) is 0 Å². The summed E-state index contributed by atoms with van der Waals surface area (Å²) >= 11 is 0. The van der Waals surface area contributed by atoms with Crippen molar-refractivity contribution in [3.05, 3.63) is 97.1 Å². The van der Waals surface area contributed by atoms with Crippen molar-refractivity contribution in [1.29, 1.82) is 0 Å².